The van der Waals surface area contributed by atoms with E-state index in [1.807, 2.05) is 0 Å². The molecular formula is C12H26N2O2. The smallest absolute Gasteiger partial charge is 0.222 e. The van der Waals surface area contributed by atoms with E-state index in [9.17, 15) is 9.90 Å². The van der Waals surface area contributed by atoms with E-state index in [4.69, 9.17) is 5.73 Å². The minimum Gasteiger partial charge on any atom is -0.392 e. The average molecular weight is 230 g/mol. The van der Waals surface area contributed by atoms with E-state index in [1.165, 1.54) is 0 Å². The summed E-state index contributed by atoms with van der Waals surface area (Å²) in [7, 11) is 1.72. The molecule has 4 heteroatoms. The Bertz CT molecular complexity index is 205. The zero-order valence-corrected chi connectivity index (χ0v) is 10.9. The van der Waals surface area contributed by atoms with Gasteiger partial charge in [0.25, 0.3) is 0 Å². The molecule has 16 heavy (non-hydrogen) atoms. The molecule has 0 saturated carbocycles. The summed E-state index contributed by atoms with van der Waals surface area (Å²) in [4.78, 5) is 13.4. The lowest BCUT2D eigenvalue weighted by Gasteiger charge is -2.22. The Morgan fingerprint density at radius 3 is 2.31 bits per heavy atom. The molecule has 96 valence electrons. The van der Waals surface area contributed by atoms with Crippen LogP contribution in [-0.4, -0.2) is 42.2 Å². The Labute approximate surface area is 98.8 Å². The third-order valence-corrected chi connectivity index (χ3v) is 2.57. The summed E-state index contributed by atoms with van der Waals surface area (Å²) < 4.78 is 0. The molecule has 0 heterocycles. The monoisotopic (exact) mass is 230 g/mol. The molecule has 0 bridgehead atoms. The first-order valence-electron chi connectivity index (χ1n) is 5.98. The fraction of sp³-hybridized carbons (Fsp3) is 0.917. The molecule has 3 N–H and O–H groups in total. The van der Waals surface area contributed by atoms with Crippen LogP contribution in [0, 0.1) is 11.8 Å². The fourth-order valence-electron chi connectivity index (χ4n) is 1.83. The molecule has 1 amide bonds. The Kier molecular flexibility index (Phi) is 7.34. The molecule has 0 aliphatic heterocycles. The maximum Gasteiger partial charge on any atom is 0.222 e. The van der Waals surface area contributed by atoms with Crippen molar-refractivity contribution in [2.24, 2.45) is 17.6 Å². The fourth-order valence-corrected chi connectivity index (χ4v) is 1.83. The number of hydrogen-bond acceptors (Lipinski definition) is 3. The quantitative estimate of drug-likeness (QED) is 0.681. The number of aliphatic hydroxyl groups is 1. The normalized spacial score (nSPS) is 14.9. The summed E-state index contributed by atoms with van der Waals surface area (Å²) in [5.41, 5.74) is 5.65. The number of likely N-dealkylation sites (N-methyl/N-ethyl adjacent to an activating group) is 1. The van der Waals surface area contributed by atoms with Crippen molar-refractivity contribution in [1.82, 2.24) is 4.90 Å². The third kappa shape index (κ3) is 6.80. The molecule has 0 radical (unpaired) electrons. The number of carbonyl (C=O) groups is 1. The van der Waals surface area contributed by atoms with E-state index in [1.54, 1.807) is 18.9 Å². The lowest BCUT2D eigenvalue weighted by atomic mass is 9.94. The molecule has 0 aliphatic carbocycles. The number of aliphatic hydroxyl groups excluding tert-OH is 1. The summed E-state index contributed by atoms with van der Waals surface area (Å²) in [5.74, 6) is 0.879. The van der Waals surface area contributed by atoms with Gasteiger partial charge in [-0.25, -0.2) is 0 Å². The first-order valence-corrected chi connectivity index (χ1v) is 5.98. The highest BCUT2D eigenvalue weighted by Crippen LogP contribution is 2.15. The van der Waals surface area contributed by atoms with Crippen LogP contribution in [0.3, 0.4) is 0 Å². The SMILES string of the molecule is CC(C)C[C@H](CN)CC(=O)N(C)CC(C)O. The molecule has 0 saturated heterocycles. The van der Waals surface area contributed by atoms with Gasteiger partial charge in [-0.2, -0.15) is 0 Å². The summed E-state index contributed by atoms with van der Waals surface area (Å²) in [5, 5.41) is 9.19. The highest BCUT2D eigenvalue weighted by atomic mass is 16.3. The van der Waals surface area contributed by atoms with Crippen molar-refractivity contribution in [3.63, 3.8) is 0 Å². The molecule has 1 unspecified atom stereocenters. The van der Waals surface area contributed by atoms with Gasteiger partial charge in [-0.3, -0.25) is 4.79 Å². The highest BCUT2D eigenvalue weighted by molar-refractivity contribution is 5.76. The van der Waals surface area contributed by atoms with Gasteiger partial charge in [0.15, 0.2) is 0 Å². The Balaban J connectivity index is 4.08. The number of amides is 1. The standard InChI is InChI=1S/C12H26N2O2/c1-9(2)5-11(7-13)6-12(16)14(4)8-10(3)15/h9-11,15H,5-8,13H2,1-4H3/t10?,11-/m0/s1. The van der Waals surface area contributed by atoms with Crippen LogP contribution in [0.15, 0.2) is 0 Å². The van der Waals surface area contributed by atoms with Gasteiger partial charge in [-0.05, 0) is 31.7 Å². The molecule has 0 aromatic heterocycles. The second kappa shape index (κ2) is 7.63. The summed E-state index contributed by atoms with van der Waals surface area (Å²) in [6.45, 7) is 6.88. The van der Waals surface area contributed by atoms with Gasteiger partial charge in [0.2, 0.25) is 5.91 Å². The molecule has 0 rings (SSSR count). The maximum absolute atomic E-state index is 11.8. The van der Waals surface area contributed by atoms with Crippen molar-refractivity contribution < 1.29 is 9.90 Å². The molecule has 2 atom stereocenters. The largest absolute Gasteiger partial charge is 0.392 e. The molecule has 4 nitrogen and oxygen atoms in total. The second-order valence-electron chi connectivity index (χ2n) is 5.06. The predicted molar refractivity (Wildman–Crippen MR) is 65.9 cm³/mol. The van der Waals surface area contributed by atoms with Crippen LogP contribution in [0.2, 0.25) is 0 Å². The van der Waals surface area contributed by atoms with Crippen LogP contribution in [-0.2, 0) is 4.79 Å². The van der Waals surface area contributed by atoms with E-state index in [0.717, 1.165) is 6.42 Å². The van der Waals surface area contributed by atoms with Crippen molar-refractivity contribution in [3.05, 3.63) is 0 Å². The first kappa shape index (κ1) is 15.4. The van der Waals surface area contributed by atoms with Gasteiger partial charge in [0, 0.05) is 20.0 Å². The van der Waals surface area contributed by atoms with Gasteiger partial charge in [-0.15, -0.1) is 0 Å². The zero-order chi connectivity index (χ0) is 12.7. The summed E-state index contributed by atoms with van der Waals surface area (Å²) in [6, 6.07) is 0. The summed E-state index contributed by atoms with van der Waals surface area (Å²) in [6.07, 6.45) is 0.984. The van der Waals surface area contributed by atoms with Crippen molar-refractivity contribution in [1.29, 1.82) is 0 Å². The third-order valence-electron chi connectivity index (χ3n) is 2.57. The lowest BCUT2D eigenvalue weighted by molar-refractivity contribution is -0.132. The lowest BCUT2D eigenvalue weighted by Crippen LogP contribution is -2.35. The molecule has 0 aromatic carbocycles. The van der Waals surface area contributed by atoms with Gasteiger partial charge in [0.1, 0.15) is 0 Å². The van der Waals surface area contributed by atoms with Crippen LogP contribution < -0.4 is 5.73 Å². The van der Waals surface area contributed by atoms with Gasteiger partial charge in [0.05, 0.1) is 6.10 Å². The van der Waals surface area contributed by atoms with Crippen LogP contribution in [0.25, 0.3) is 0 Å². The van der Waals surface area contributed by atoms with Crippen molar-refractivity contribution in [2.45, 2.75) is 39.7 Å². The number of hydrogen-bond donors (Lipinski definition) is 2. The summed E-state index contributed by atoms with van der Waals surface area (Å²) >= 11 is 0. The van der Waals surface area contributed by atoms with E-state index in [0.29, 0.717) is 25.4 Å². The van der Waals surface area contributed by atoms with Crippen molar-refractivity contribution in [3.8, 4) is 0 Å². The Hall–Kier alpha value is -0.610. The minimum atomic E-state index is -0.477. The number of carbonyl (C=O) groups excluding carboxylic acids is 1. The topological polar surface area (TPSA) is 66.6 Å². The molecule has 0 fully saturated rings. The molecule has 0 aliphatic rings. The van der Waals surface area contributed by atoms with Crippen LogP contribution in [0.4, 0.5) is 0 Å². The highest BCUT2D eigenvalue weighted by Gasteiger charge is 2.17. The van der Waals surface area contributed by atoms with Crippen LogP contribution in [0.1, 0.15) is 33.6 Å². The van der Waals surface area contributed by atoms with Gasteiger partial charge < -0.3 is 15.7 Å². The predicted octanol–water partition coefficient (Wildman–Crippen LogP) is 0.837. The van der Waals surface area contributed by atoms with E-state index >= 15 is 0 Å². The number of nitrogens with two attached hydrogens (primary N) is 1. The van der Waals surface area contributed by atoms with Crippen LogP contribution in [0.5, 0.6) is 0 Å². The average Bonchev–Trinajstić information content (AvgIpc) is 2.14. The maximum atomic E-state index is 11.8. The van der Waals surface area contributed by atoms with E-state index < -0.39 is 6.10 Å². The number of nitrogens with zero attached hydrogens (tertiary/aromatic N) is 1. The van der Waals surface area contributed by atoms with Gasteiger partial charge >= 0.3 is 0 Å². The molecular weight excluding hydrogens is 204 g/mol. The Morgan fingerprint density at radius 1 is 1.38 bits per heavy atom. The van der Waals surface area contributed by atoms with Crippen molar-refractivity contribution >= 4 is 5.91 Å². The Morgan fingerprint density at radius 2 is 1.94 bits per heavy atom. The van der Waals surface area contributed by atoms with Crippen molar-refractivity contribution in [2.75, 3.05) is 20.1 Å². The van der Waals surface area contributed by atoms with E-state index in [-0.39, 0.29) is 11.8 Å². The van der Waals surface area contributed by atoms with Crippen LogP contribution >= 0.6 is 0 Å². The van der Waals surface area contributed by atoms with Gasteiger partial charge in [-0.1, -0.05) is 13.8 Å². The minimum absolute atomic E-state index is 0.0667. The second-order valence-corrected chi connectivity index (χ2v) is 5.06. The first-order chi connectivity index (χ1) is 7.36. The molecule has 0 aromatic rings. The number of rotatable bonds is 7. The zero-order valence-electron chi connectivity index (χ0n) is 10.9. The molecule has 0 spiro atoms. The van der Waals surface area contributed by atoms with E-state index in [2.05, 4.69) is 13.8 Å².